The van der Waals surface area contributed by atoms with Crippen molar-refractivity contribution in [1.29, 1.82) is 0 Å². The van der Waals surface area contributed by atoms with Crippen LogP contribution in [0.5, 0.6) is 0 Å². The Morgan fingerprint density at radius 2 is 1.35 bits per heavy atom. The fourth-order valence-electron chi connectivity index (χ4n) is 3.21. The number of anilines is 2. The number of nitrogens with one attached hydrogen (secondary N) is 2. The molecule has 1 aromatic heterocycles. The van der Waals surface area contributed by atoms with Crippen molar-refractivity contribution >= 4 is 23.3 Å². The van der Waals surface area contributed by atoms with Gasteiger partial charge in [0.15, 0.2) is 0 Å². The third-order valence-electron chi connectivity index (χ3n) is 4.76. The van der Waals surface area contributed by atoms with Gasteiger partial charge in [0.2, 0.25) is 0 Å². The predicted molar refractivity (Wildman–Crippen MR) is 121 cm³/mol. The number of aromatic nitrogens is 2. The van der Waals surface area contributed by atoms with E-state index in [2.05, 4.69) is 15.7 Å². The predicted octanol–water partition coefficient (Wildman–Crippen LogP) is 4.74. The number of benzene rings is 3. The minimum atomic E-state index is -0.241. The molecule has 1 heterocycles. The number of rotatable bonds is 6. The summed E-state index contributed by atoms with van der Waals surface area (Å²) in [5.41, 5.74) is 3.61. The van der Waals surface area contributed by atoms with Gasteiger partial charge in [0.1, 0.15) is 5.82 Å². The van der Waals surface area contributed by atoms with E-state index < -0.39 is 0 Å². The number of aryl methyl sites for hydroxylation is 1. The molecule has 0 fully saturated rings. The van der Waals surface area contributed by atoms with Crippen molar-refractivity contribution in [2.75, 3.05) is 10.6 Å². The van der Waals surface area contributed by atoms with Gasteiger partial charge in [-0.25, -0.2) is 4.68 Å². The molecule has 0 aliphatic heterocycles. The molecule has 0 saturated heterocycles. The third kappa shape index (κ3) is 5.05. The first kappa shape index (κ1) is 20.1. The molecule has 6 heteroatoms. The summed E-state index contributed by atoms with van der Waals surface area (Å²) in [7, 11) is 0. The second-order valence-electron chi connectivity index (χ2n) is 7.17. The minimum Gasteiger partial charge on any atom is -0.322 e. The lowest BCUT2D eigenvalue weighted by molar-refractivity contribution is 0.101. The number of hydrogen-bond donors (Lipinski definition) is 2. The monoisotopic (exact) mass is 410 g/mol. The molecule has 3 aromatic carbocycles. The van der Waals surface area contributed by atoms with Gasteiger partial charge in [-0.2, -0.15) is 5.10 Å². The third-order valence-corrected chi connectivity index (χ3v) is 4.76. The smallest absolute Gasteiger partial charge is 0.256 e. The molecule has 0 aliphatic carbocycles. The summed E-state index contributed by atoms with van der Waals surface area (Å²) in [6.07, 6.45) is 0. The molecule has 4 aromatic rings. The van der Waals surface area contributed by atoms with E-state index >= 15 is 0 Å². The molecule has 4 rings (SSSR count). The Labute approximate surface area is 180 Å². The molecular formula is C25H22N4O2. The first-order valence-corrected chi connectivity index (χ1v) is 9.95. The number of carbonyl (C=O) groups excluding carboxylic acids is 2. The van der Waals surface area contributed by atoms with Crippen LogP contribution in [0.1, 0.15) is 32.0 Å². The molecule has 2 N–H and O–H groups in total. The largest absolute Gasteiger partial charge is 0.322 e. The Kier molecular flexibility index (Phi) is 5.89. The zero-order valence-electron chi connectivity index (χ0n) is 17.1. The average Bonchev–Trinajstić information content (AvgIpc) is 3.13. The first-order valence-electron chi connectivity index (χ1n) is 9.95. The molecule has 0 saturated carbocycles. The molecule has 154 valence electrons. The summed E-state index contributed by atoms with van der Waals surface area (Å²) in [6.45, 7) is 2.45. The van der Waals surface area contributed by atoms with Crippen LogP contribution in [-0.2, 0) is 6.54 Å². The molecule has 0 spiro atoms. The van der Waals surface area contributed by atoms with E-state index in [0.29, 0.717) is 29.2 Å². The molecule has 0 atom stereocenters. The van der Waals surface area contributed by atoms with Crippen molar-refractivity contribution in [2.24, 2.45) is 0 Å². The van der Waals surface area contributed by atoms with E-state index in [4.69, 9.17) is 0 Å². The number of hydrogen-bond acceptors (Lipinski definition) is 3. The molecule has 31 heavy (non-hydrogen) atoms. The Morgan fingerprint density at radius 3 is 2.03 bits per heavy atom. The van der Waals surface area contributed by atoms with Gasteiger partial charge >= 0.3 is 0 Å². The van der Waals surface area contributed by atoms with Crippen LogP contribution in [0.25, 0.3) is 0 Å². The Morgan fingerprint density at radius 1 is 0.774 bits per heavy atom. The van der Waals surface area contributed by atoms with Crippen LogP contribution in [0.2, 0.25) is 0 Å². The van der Waals surface area contributed by atoms with Crippen LogP contribution in [0.3, 0.4) is 0 Å². The standard InChI is InChI=1S/C25H22N4O2/c1-18-16-23(29(28-18)17-19-8-4-2-5-9-19)27-25(31)21-12-14-22(15-13-21)26-24(30)20-10-6-3-7-11-20/h2-16H,17H2,1H3,(H,26,30)(H,27,31). The molecule has 0 aliphatic rings. The molecule has 0 bridgehead atoms. The van der Waals surface area contributed by atoms with E-state index in [1.807, 2.05) is 61.5 Å². The summed E-state index contributed by atoms with van der Waals surface area (Å²) in [5, 5.41) is 10.2. The van der Waals surface area contributed by atoms with Gasteiger partial charge in [0.25, 0.3) is 11.8 Å². The summed E-state index contributed by atoms with van der Waals surface area (Å²) < 4.78 is 1.77. The highest BCUT2D eigenvalue weighted by Crippen LogP contribution is 2.16. The van der Waals surface area contributed by atoms with Gasteiger partial charge in [0.05, 0.1) is 12.2 Å². The molecule has 0 radical (unpaired) electrons. The van der Waals surface area contributed by atoms with Crippen molar-refractivity contribution in [2.45, 2.75) is 13.5 Å². The van der Waals surface area contributed by atoms with Crippen LogP contribution in [0.4, 0.5) is 11.5 Å². The van der Waals surface area contributed by atoms with E-state index in [9.17, 15) is 9.59 Å². The number of nitrogens with zero attached hydrogens (tertiary/aromatic N) is 2. The van der Waals surface area contributed by atoms with Gasteiger partial charge in [-0.1, -0.05) is 48.5 Å². The highest BCUT2D eigenvalue weighted by Gasteiger charge is 2.12. The van der Waals surface area contributed by atoms with E-state index in [1.165, 1.54) is 0 Å². The van der Waals surface area contributed by atoms with E-state index in [-0.39, 0.29) is 11.8 Å². The molecule has 2 amide bonds. The topological polar surface area (TPSA) is 76.0 Å². The normalized spacial score (nSPS) is 10.5. The van der Waals surface area contributed by atoms with Gasteiger partial charge in [-0.05, 0) is 48.9 Å². The lowest BCUT2D eigenvalue weighted by Gasteiger charge is -2.10. The van der Waals surface area contributed by atoms with Crippen molar-refractivity contribution in [3.8, 4) is 0 Å². The SMILES string of the molecule is Cc1cc(NC(=O)c2ccc(NC(=O)c3ccccc3)cc2)n(Cc2ccccc2)n1. The molecule has 6 nitrogen and oxygen atoms in total. The number of amides is 2. The quantitative estimate of drug-likeness (QED) is 0.482. The van der Waals surface area contributed by atoms with Crippen LogP contribution < -0.4 is 10.6 Å². The van der Waals surface area contributed by atoms with Crippen molar-refractivity contribution in [3.63, 3.8) is 0 Å². The second kappa shape index (κ2) is 9.09. The van der Waals surface area contributed by atoms with E-state index in [0.717, 1.165) is 11.3 Å². The van der Waals surface area contributed by atoms with Gasteiger partial charge in [-0.15, -0.1) is 0 Å². The zero-order chi connectivity index (χ0) is 21.6. The number of carbonyl (C=O) groups is 2. The molecule has 0 unspecified atom stereocenters. The van der Waals surface area contributed by atoms with Crippen molar-refractivity contribution in [1.82, 2.24) is 9.78 Å². The lowest BCUT2D eigenvalue weighted by Crippen LogP contribution is -2.16. The average molecular weight is 410 g/mol. The van der Waals surface area contributed by atoms with Crippen LogP contribution in [0.15, 0.2) is 91.0 Å². The first-order chi connectivity index (χ1) is 15.1. The van der Waals surface area contributed by atoms with Crippen molar-refractivity contribution in [3.05, 3.63) is 113 Å². The minimum absolute atomic E-state index is 0.196. The zero-order valence-corrected chi connectivity index (χ0v) is 17.1. The molecular weight excluding hydrogens is 388 g/mol. The maximum Gasteiger partial charge on any atom is 0.256 e. The van der Waals surface area contributed by atoms with Crippen LogP contribution in [-0.4, -0.2) is 21.6 Å². The maximum atomic E-state index is 12.7. The Bertz CT molecular complexity index is 1180. The highest BCUT2D eigenvalue weighted by molar-refractivity contribution is 6.06. The second-order valence-corrected chi connectivity index (χ2v) is 7.17. The fourth-order valence-corrected chi connectivity index (χ4v) is 3.21. The highest BCUT2D eigenvalue weighted by atomic mass is 16.2. The lowest BCUT2D eigenvalue weighted by atomic mass is 10.1. The Hall–Kier alpha value is -4.19. The van der Waals surface area contributed by atoms with E-state index in [1.54, 1.807) is 41.1 Å². The summed E-state index contributed by atoms with van der Waals surface area (Å²) in [6, 6.07) is 27.6. The fraction of sp³-hybridized carbons (Fsp3) is 0.0800. The van der Waals surface area contributed by atoms with Gasteiger partial charge in [-0.3, -0.25) is 9.59 Å². The summed E-state index contributed by atoms with van der Waals surface area (Å²) in [4.78, 5) is 25.0. The summed E-state index contributed by atoms with van der Waals surface area (Å²) in [5.74, 6) is 0.195. The van der Waals surface area contributed by atoms with Crippen LogP contribution in [0, 0.1) is 6.92 Å². The summed E-state index contributed by atoms with van der Waals surface area (Å²) >= 11 is 0. The van der Waals surface area contributed by atoms with Crippen molar-refractivity contribution < 1.29 is 9.59 Å². The Balaban J connectivity index is 1.43. The maximum absolute atomic E-state index is 12.7. The van der Waals surface area contributed by atoms with Crippen LogP contribution >= 0.6 is 0 Å². The van der Waals surface area contributed by atoms with Gasteiger partial charge in [0, 0.05) is 22.9 Å². The van der Waals surface area contributed by atoms with Gasteiger partial charge < -0.3 is 10.6 Å².